The van der Waals surface area contributed by atoms with Gasteiger partial charge in [-0.15, -0.1) is 0 Å². The molecule has 4 nitrogen and oxygen atoms in total. The number of nitrogens with one attached hydrogen (secondary N) is 1. The fraction of sp³-hybridized carbons (Fsp3) is 0.478. The first-order valence-corrected chi connectivity index (χ1v) is 9.77. The van der Waals surface area contributed by atoms with Crippen LogP contribution in [0.3, 0.4) is 0 Å². The average Bonchev–Trinajstić information content (AvgIpc) is 2.70. The summed E-state index contributed by atoms with van der Waals surface area (Å²) < 4.78 is 10.6. The zero-order valence-electron chi connectivity index (χ0n) is 16.7. The Morgan fingerprint density at radius 3 is 1.96 bits per heavy atom. The van der Waals surface area contributed by atoms with Gasteiger partial charge in [-0.25, -0.2) is 0 Å². The molecule has 1 heterocycles. The Morgan fingerprint density at radius 1 is 0.963 bits per heavy atom. The molecular formula is C23H31NO3. The lowest BCUT2D eigenvalue weighted by molar-refractivity contribution is -0.0743. The normalized spacial score (nSPS) is 28.0. The fourth-order valence-corrected chi connectivity index (χ4v) is 4.28. The topological polar surface area (TPSA) is 50.7 Å². The monoisotopic (exact) mass is 369 g/mol. The van der Waals surface area contributed by atoms with Crippen molar-refractivity contribution in [2.24, 2.45) is 5.92 Å². The SMILES string of the molecule is CCC[C@@]1(O)C[C@H](c2ccc(OC)cc2)N[C@@H](c2ccc(OC)cc2)[C@@H]1C. The second-order valence-corrected chi connectivity index (χ2v) is 7.59. The summed E-state index contributed by atoms with van der Waals surface area (Å²) in [6.45, 7) is 4.29. The molecule has 2 aromatic rings. The first-order chi connectivity index (χ1) is 13.0. The first kappa shape index (κ1) is 19.7. The molecule has 27 heavy (non-hydrogen) atoms. The molecule has 0 spiro atoms. The van der Waals surface area contributed by atoms with Crippen LogP contribution in [0.2, 0.25) is 0 Å². The van der Waals surface area contributed by atoms with Crippen LogP contribution in [-0.2, 0) is 0 Å². The van der Waals surface area contributed by atoms with Gasteiger partial charge in [0.2, 0.25) is 0 Å². The molecule has 0 saturated carbocycles. The number of ether oxygens (including phenoxy) is 2. The molecule has 0 aromatic heterocycles. The number of piperidine rings is 1. The Kier molecular flexibility index (Phi) is 6.08. The Hall–Kier alpha value is -2.04. The molecule has 0 amide bonds. The van der Waals surface area contributed by atoms with Gasteiger partial charge < -0.3 is 19.9 Å². The van der Waals surface area contributed by atoms with Crippen molar-refractivity contribution in [3.05, 3.63) is 59.7 Å². The number of aliphatic hydroxyl groups is 1. The Morgan fingerprint density at radius 2 is 1.48 bits per heavy atom. The Bertz CT molecular complexity index is 728. The van der Waals surface area contributed by atoms with Crippen molar-refractivity contribution in [2.75, 3.05) is 14.2 Å². The summed E-state index contributed by atoms with van der Waals surface area (Å²) in [7, 11) is 3.35. The van der Waals surface area contributed by atoms with Crippen molar-refractivity contribution in [1.29, 1.82) is 0 Å². The molecule has 1 saturated heterocycles. The molecule has 0 bridgehead atoms. The van der Waals surface area contributed by atoms with Gasteiger partial charge >= 0.3 is 0 Å². The summed E-state index contributed by atoms with van der Waals surface area (Å²) in [6, 6.07) is 16.5. The van der Waals surface area contributed by atoms with Crippen molar-refractivity contribution >= 4 is 0 Å². The number of hydrogen-bond donors (Lipinski definition) is 2. The van der Waals surface area contributed by atoms with Gasteiger partial charge in [-0.1, -0.05) is 44.5 Å². The van der Waals surface area contributed by atoms with Gasteiger partial charge in [0.15, 0.2) is 0 Å². The summed E-state index contributed by atoms with van der Waals surface area (Å²) in [6.07, 6.45) is 2.47. The highest BCUT2D eigenvalue weighted by atomic mass is 16.5. The van der Waals surface area contributed by atoms with Crippen LogP contribution in [0.5, 0.6) is 11.5 Å². The second-order valence-electron chi connectivity index (χ2n) is 7.59. The lowest BCUT2D eigenvalue weighted by Gasteiger charge is -2.48. The highest BCUT2D eigenvalue weighted by Crippen LogP contribution is 2.45. The van der Waals surface area contributed by atoms with E-state index in [2.05, 4.69) is 43.4 Å². The van der Waals surface area contributed by atoms with Crippen LogP contribution >= 0.6 is 0 Å². The molecule has 4 heteroatoms. The van der Waals surface area contributed by atoms with Crippen molar-refractivity contribution in [2.45, 2.75) is 50.8 Å². The molecular weight excluding hydrogens is 338 g/mol. The van der Waals surface area contributed by atoms with Crippen molar-refractivity contribution < 1.29 is 14.6 Å². The zero-order chi connectivity index (χ0) is 19.4. The van der Waals surface area contributed by atoms with Crippen LogP contribution in [0, 0.1) is 5.92 Å². The van der Waals surface area contributed by atoms with Gasteiger partial charge in [-0.3, -0.25) is 0 Å². The number of rotatable bonds is 6. The van der Waals surface area contributed by atoms with Crippen LogP contribution in [0.4, 0.5) is 0 Å². The van der Waals surface area contributed by atoms with E-state index < -0.39 is 5.60 Å². The minimum atomic E-state index is -0.699. The van der Waals surface area contributed by atoms with E-state index in [-0.39, 0.29) is 18.0 Å². The van der Waals surface area contributed by atoms with E-state index >= 15 is 0 Å². The minimum Gasteiger partial charge on any atom is -0.497 e. The largest absolute Gasteiger partial charge is 0.497 e. The van der Waals surface area contributed by atoms with E-state index in [0.29, 0.717) is 6.42 Å². The van der Waals surface area contributed by atoms with Crippen LogP contribution in [0.25, 0.3) is 0 Å². The molecule has 0 unspecified atom stereocenters. The minimum absolute atomic E-state index is 0.0771. The summed E-state index contributed by atoms with van der Waals surface area (Å²) in [5.74, 6) is 1.80. The van der Waals surface area contributed by atoms with E-state index in [1.165, 1.54) is 11.1 Å². The summed E-state index contributed by atoms with van der Waals surface area (Å²) in [5, 5.41) is 15.3. The van der Waals surface area contributed by atoms with Crippen LogP contribution in [-0.4, -0.2) is 24.9 Å². The summed E-state index contributed by atoms with van der Waals surface area (Å²) in [5.41, 5.74) is 1.65. The molecule has 4 atom stereocenters. The van der Waals surface area contributed by atoms with E-state index in [9.17, 15) is 5.11 Å². The van der Waals surface area contributed by atoms with Crippen molar-refractivity contribution in [3.63, 3.8) is 0 Å². The summed E-state index contributed by atoms with van der Waals surface area (Å²) in [4.78, 5) is 0. The molecule has 2 aromatic carbocycles. The smallest absolute Gasteiger partial charge is 0.118 e. The molecule has 146 valence electrons. The highest BCUT2D eigenvalue weighted by Gasteiger charge is 2.45. The van der Waals surface area contributed by atoms with Gasteiger partial charge in [0.05, 0.1) is 19.8 Å². The van der Waals surface area contributed by atoms with E-state index in [4.69, 9.17) is 9.47 Å². The van der Waals surface area contributed by atoms with E-state index in [0.717, 1.165) is 24.3 Å². The van der Waals surface area contributed by atoms with Gasteiger partial charge in [0.1, 0.15) is 11.5 Å². The van der Waals surface area contributed by atoms with Crippen LogP contribution < -0.4 is 14.8 Å². The van der Waals surface area contributed by atoms with Crippen molar-refractivity contribution in [1.82, 2.24) is 5.32 Å². The molecule has 2 N–H and O–H groups in total. The second kappa shape index (κ2) is 8.32. The van der Waals surface area contributed by atoms with Crippen LogP contribution in [0.15, 0.2) is 48.5 Å². The summed E-state index contributed by atoms with van der Waals surface area (Å²) >= 11 is 0. The molecule has 1 aliphatic heterocycles. The third kappa shape index (κ3) is 4.12. The van der Waals surface area contributed by atoms with Gasteiger partial charge in [0.25, 0.3) is 0 Å². The predicted molar refractivity (Wildman–Crippen MR) is 108 cm³/mol. The molecule has 0 aliphatic carbocycles. The first-order valence-electron chi connectivity index (χ1n) is 9.77. The van der Waals surface area contributed by atoms with Gasteiger partial charge in [-0.05, 0) is 48.2 Å². The van der Waals surface area contributed by atoms with Crippen molar-refractivity contribution in [3.8, 4) is 11.5 Å². The lowest BCUT2D eigenvalue weighted by Crippen LogP contribution is -2.52. The maximum atomic E-state index is 11.5. The van der Waals surface area contributed by atoms with Crippen LogP contribution in [0.1, 0.15) is 56.3 Å². The predicted octanol–water partition coefficient (Wildman–Crippen LogP) is 4.65. The number of hydrogen-bond acceptors (Lipinski definition) is 4. The van der Waals surface area contributed by atoms with E-state index in [1.54, 1.807) is 14.2 Å². The third-order valence-electron chi connectivity index (χ3n) is 5.96. The molecule has 1 fully saturated rings. The number of methoxy groups -OCH3 is 2. The molecule has 0 radical (unpaired) electrons. The Balaban J connectivity index is 1.93. The standard InChI is InChI=1S/C23H31NO3/c1-5-14-23(25)15-21(17-6-10-19(26-3)11-7-17)24-22(16(23)2)18-8-12-20(27-4)13-9-18/h6-13,16,21-22,24-25H,5,14-15H2,1-4H3/t16-,21+,22+,23+/m0/s1. The quantitative estimate of drug-likeness (QED) is 0.778. The molecule has 1 aliphatic rings. The average molecular weight is 370 g/mol. The van der Waals surface area contributed by atoms with Gasteiger partial charge in [0, 0.05) is 18.0 Å². The number of benzene rings is 2. The van der Waals surface area contributed by atoms with E-state index in [1.807, 2.05) is 24.3 Å². The molecule has 3 rings (SSSR count). The maximum absolute atomic E-state index is 11.5. The maximum Gasteiger partial charge on any atom is 0.118 e. The highest BCUT2D eigenvalue weighted by molar-refractivity contribution is 5.33. The lowest BCUT2D eigenvalue weighted by atomic mass is 9.70. The Labute approximate surface area is 162 Å². The zero-order valence-corrected chi connectivity index (χ0v) is 16.7. The van der Waals surface area contributed by atoms with Gasteiger partial charge in [-0.2, -0.15) is 0 Å². The third-order valence-corrected chi connectivity index (χ3v) is 5.96. The fourth-order valence-electron chi connectivity index (χ4n) is 4.28.